The Kier molecular flexibility index (Phi) is 4.11. The van der Waals surface area contributed by atoms with Gasteiger partial charge in [0.2, 0.25) is 0 Å². The van der Waals surface area contributed by atoms with Crippen LogP contribution in [0.1, 0.15) is 0 Å². The third kappa shape index (κ3) is 2.56. The zero-order chi connectivity index (χ0) is 10.7. The highest BCUT2D eigenvalue weighted by Crippen LogP contribution is 2.27. The number of thioether (sulfide) groups is 1. The summed E-state index contributed by atoms with van der Waals surface area (Å²) in [6.07, 6.45) is 0. The third-order valence-corrected chi connectivity index (χ3v) is 2.89. The van der Waals surface area contributed by atoms with Crippen LogP contribution in [-0.4, -0.2) is 17.2 Å². The molecule has 0 heterocycles. The molecule has 0 aliphatic rings. The third-order valence-electron chi connectivity index (χ3n) is 1.48. The van der Waals surface area contributed by atoms with Gasteiger partial charge >= 0.3 is 7.12 Å². The molecule has 3 nitrogen and oxygen atoms in total. The van der Waals surface area contributed by atoms with E-state index in [2.05, 4.69) is 0 Å². The molecule has 0 bridgehead atoms. The highest BCUT2D eigenvalue weighted by molar-refractivity contribution is 8.03. The zero-order valence-corrected chi connectivity index (χ0v) is 9.07. The normalized spacial score (nSPS) is 9.64. The Balaban J connectivity index is 3.21. The van der Waals surface area contributed by atoms with Crippen LogP contribution < -0.4 is 5.46 Å². The maximum Gasteiger partial charge on any atom is 0.489 e. The van der Waals surface area contributed by atoms with Crippen molar-refractivity contribution in [2.75, 3.05) is 0 Å². The van der Waals surface area contributed by atoms with Crippen molar-refractivity contribution in [3.05, 3.63) is 22.2 Å². The summed E-state index contributed by atoms with van der Waals surface area (Å²) in [7, 11) is -1.67. The molecule has 14 heavy (non-hydrogen) atoms. The van der Waals surface area contributed by atoms with E-state index in [0.717, 1.165) is 11.8 Å². The molecular formula is C7H4BCl2NO2S. The van der Waals surface area contributed by atoms with E-state index in [1.165, 1.54) is 12.1 Å². The number of benzene rings is 1. The molecule has 0 spiro atoms. The molecule has 0 aromatic heterocycles. The predicted molar refractivity (Wildman–Crippen MR) is 57.8 cm³/mol. The van der Waals surface area contributed by atoms with E-state index in [1.54, 1.807) is 0 Å². The summed E-state index contributed by atoms with van der Waals surface area (Å²) in [4.78, 5) is 0.446. The van der Waals surface area contributed by atoms with E-state index in [4.69, 9.17) is 38.5 Å². The Morgan fingerprint density at radius 1 is 1.29 bits per heavy atom. The van der Waals surface area contributed by atoms with Crippen LogP contribution in [0.3, 0.4) is 0 Å². The first kappa shape index (κ1) is 11.7. The van der Waals surface area contributed by atoms with Gasteiger partial charge in [0.1, 0.15) is 5.40 Å². The summed E-state index contributed by atoms with van der Waals surface area (Å²) in [5.41, 5.74) is 0.133. The van der Waals surface area contributed by atoms with Gasteiger partial charge in [0.05, 0.1) is 5.02 Å². The first-order chi connectivity index (χ1) is 6.56. The Morgan fingerprint density at radius 2 is 1.93 bits per heavy atom. The topological polar surface area (TPSA) is 64.2 Å². The van der Waals surface area contributed by atoms with Gasteiger partial charge in [-0.05, 0) is 23.9 Å². The van der Waals surface area contributed by atoms with Gasteiger partial charge in [0.25, 0.3) is 0 Å². The fourth-order valence-corrected chi connectivity index (χ4v) is 1.91. The van der Waals surface area contributed by atoms with Crippen molar-refractivity contribution in [2.24, 2.45) is 0 Å². The molecule has 7 heteroatoms. The van der Waals surface area contributed by atoms with Gasteiger partial charge in [-0.3, -0.25) is 0 Å². The molecule has 72 valence electrons. The monoisotopic (exact) mass is 247 g/mol. The predicted octanol–water partition coefficient (Wildman–Crippen LogP) is 1.25. The molecule has 1 rings (SSSR count). The number of rotatable bonds is 2. The Hall–Kier alpha value is -0.375. The lowest BCUT2D eigenvalue weighted by Crippen LogP contribution is -2.30. The number of hydrogen-bond acceptors (Lipinski definition) is 4. The van der Waals surface area contributed by atoms with Crippen LogP contribution in [-0.2, 0) is 0 Å². The molecule has 0 unspecified atom stereocenters. The van der Waals surface area contributed by atoms with Crippen LogP contribution in [0.5, 0.6) is 0 Å². The summed E-state index contributed by atoms with van der Waals surface area (Å²) in [5, 5.41) is 28.6. The summed E-state index contributed by atoms with van der Waals surface area (Å²) in [6.45, 7) is 0. The van der Waals surface area contributed by atoms with Gasteiger partial charge in [-0.1, -0.05) is 23.2 Å². The fraction of sp³-hybridized carbons (Fsp3) is 0. The van der Waals surface area contributed by atoms with Gasteiger partial charge in [0.15, 0.2) is 0 Å². The van der Waals surface area contributed by atoms with E-state index < -0.39 is 7.12 Å². The Labute approximate surface area is 95.4 Å². The van der Waals surface area contributed by atoms with Crippen LogP contribution in [0.15, 0.2) is 17.0 Å². The number of thiocyanates is 1. The van der Waals surface area contributed by atoms with Gasteiger partial charge in [0, 0.05) is 15.4 Å². The number of hydrogen-bond donors (Lipinski definition) is 2. The second-order valence-electron chi connectivity index (χ2n) is 2.37. The van der Waals surface area contributed by atoms with Crippen LogP contribution in [0, 0.1) is 10.7 Å². The summed E-state index contributed by atoms with van der Waals surface area (Å²) in [5.74, 6) is 0. The second kappa shape index (κ2) is 4.92. The van der Waals surface area contributed by atoms with Gasteiger partial charge in [-0.2, -0.15) is 5.26 Å². The smallest absolute Gasteiger partial charge is 0.423 e. The maximum absolute atomic E-state index is 8.92. The summed E-state index contributed by atoms with van der Waals surface area (Å²) >= 11 is 12.3. The summed E-state index contributed by atoms with van der Waals surface area (Å²) < 4.78 is 0. The number of nitriles is 1. The molecule has 0 saturated heterocycles. The van der Waals surface area contributed by atoms with Crippen molar-refractivity contribution in [1.29, 1.82) is 5.26 Å². The largest absolute Gasteiger partial charge is 0.489 e. The van der Waals surface area contributed by atoms with Crippen molar-refractivity contribution in [2.45, 2.75) is 4.90 Å². The molecule has 2 N–H and O–H groups in total. The first-order valence-corrected chi connectivity index (χ1v) is 5.04. The average Bonchev–Trinajstić information content (AvgIpc) is 2.09. The van der Waals surface area contributed by atoms with E-state index in [9.17, 15) is 0 Å². The number of halogens is 2. The zero-order valence-electron chi connectivity index (χ0n) is 6.74. The minimum absolute atomic E-state index is 0.133. The summed E-state index contributed by atoms with van der Waals surface area (Å²) in [6, 6.07) is 2.75. The molecule has 0 radical (unpaired) electrons. The van der Waals surface area contributed by atoms with Crippen LogP contribution in [0.4, 0.5) is 0 Å². The fourth-order valence-electron chi connectivity index (χ4n) is 0.870. The molecule has 0 amide bonds. The van der Waals surface area contributed by atoms with E-state index in [-0.39, 0.29) is 10.5 Å². The van der Waals surface area contributed by atoms with Crippen molar-refractivity contribution in [3.8, 4) is 5.40 Å². The van der Waals surface area contributed by atoms with Crippen molar-refractivity contribution in [3.63, 3.8) is 0 Å². The van der Waals surface area contributed by atoms with Crippen LogP contribution in [0.2, 0.25) is 10.0 Å². The van der Waals surface area contributed by atoms with Gasteiger partial charge in [-0.25, -0.2) is 0 Å². The average molecular weight is 248 g/mol. The van der Waals surface area contributed by atoms with Crippen LogP contribution in [0.25, 0.3) is 0 Å². The Bertz CT molecular complexity index is 394. The first-order valence-electron chi connectivity index (χ1n) is 3.47. The van der Waals surface area contributed by atoms with Crippen molar-refractivity contribution in [1.82, 2.24) is 0 Å². The molecule has 0 saturated carbocycles. The van der Waals surface area contributed by atoms with E-state index >= 15 is 0 Å². The molecule has 0 atom stereocenters. The maximum atomic E-state index is 8.92. The minimum atomic E-state index is -1.67. The lowest BCUT2D eigenvalue weighted by Gasteiger charge is -2.05. The minimum Gasteiger partial charge on any atom is -0.423 e. The molecule has 1 aromatic rings. The molecule has 1 aromatic carbocycles. The van der Waals surface area contributed by atoms with Gasteiger partial charge < -0.3 is 10.0 Å². The standard InChI is InChI=1S/C7H4BCl2NO2S/c9-5-2-6(10)7(14-3-11)1-4(5)8(12)13/h1-2,12-13H. The lowest BCUT2D eigenvalue weighted by molar-refractivity contribution is 0.425. The molecule has 0 aliphatic heterocycles. The van der Waals surface area contributed by atoms with Crippen molar-refractivity contribution < 1.29 is 10.0 Å². The highest BCUT2D eigenvalue weighted by atomic mass is 35.5. The van der Waals surface area contributed by atoms with Gasteiger partial charge in [-0.15, -0.1) is 0 Å². The van der Waals surface area contributed by atoms with E-state index in [0.29, 0.717) is 9.92 Å². The van der Waals surface area contributed by atoms with Crippen LogP contribution >= 0.6 is 35.0 Å². The quantitative estimate of drug-likeness (QED) is 0.469. The van der Waals surface area contributed by atoms with E-state index in [1.807, 2.05) is 5.40 Å². The second-order valence-corrected chi connectivity index (χ2v) is 4.01. The highest BCUT2D eigenvalue weighted by Gasteiger charge is 2.17. The lowest BCUT2D eigenvalue weighted by atomic mass is 9.80. The Morgan fingerprint density at radius 3 is 2.43 bits per heavy atom. The SMILES string of the molecule is N#CSc1cc(B(O)O)c(Cl)cc1Cl. The molecule has 0 aliphatic carbocycles. The molecular weight excluding hydrogens is 244 g/mol. The van der Waals surface area contributed by atoms with Crippen molar-refractivity contribution >= 4 is 47.5 Å². The molecule has 0 fully saturated rings. The number of nitrogens with zero attached hydrogens (tertiary/aromatic N) is 1.